The second kappa shape index (κ2) is 8.29. The third-order valence-electron chi connectivity index (χ3n) is 7.61. The van der Waals surface area contributed by atoms with E-state index in [0.29, 0.717) is 11.1 Å². The first kappa shape index (κ1) is 22.2. The lowest BCUT2D eigenvalue weighted by Gasteiger charge is -2.43. The van der Waals surface area contributed by atoms with Gasteiger partial charge in [-0.1, -0.05) is 18.2 Å². The number of piperidine rings is 1. The van der Waals surface area contributed by atoms with Crippen molar-refractivity contribution in [3.63, 3.8) is 0 Å². The molecule has 0 unspecified atom stereocenters. The fraction of sp³-hybridized carbons (Fsp3) is 0.346. The van der Waals surface area contributed by atoms with Crippen LogP contribution in [-0.4, -0.2) is 35.7 Å². The van der Waals surface area contributed by atoms with Crippen LogP contribution in [-0.2, 0) is 13.5 Å². The molecule has 8 nitrogen and oxygen atoms in total. The van der Waals surface area contributed by atoms with Crippen LogP contribution in [0.4, 0.5) is 5.82 Å². The zero-order valence-corrected chi connectivity index (χ0v) is 19.5. The molecular weight excluding hydrogens is 430 g/mol. The molecule has 0 saturated carbocycles. The minimum Gasteiger partial charge on any atom is -0.496 e. The van der Waals surface area contributed by atoms with Crippen molar-refractivity contribution < 1.29 is 9.53 Å². The molecular formula is C26H29N5O3. The van der Waals surface area contributed by atoms with Crippen molar-refractivity contribution in [1.82, 2.24) is 9.55 Å². The largest absolute Gasteiger partial charge is 0.496 e. The van der Waals surface area contributed by atoms with Gasteiger partial charge in [0.1, 0.15) is 17.3 Å². The molecule has 1 aromatic carbocycles. The van der Waals surface area contributed by atoms with Gasteiger partial charge in [-0.25, -0.2) is 0 Å². The lowest BCUT2D eigenvalue weighted by Crippen LogP contribution is -2.45. The topological polar surface area (TPSA) is 116 Å². The van der Waals surface area contributed by atoms with Crippen LogP contribution < -0.4 is 26.7 Å². The Morgan fingerprint density at radius 2 is 1.88 bits per heavy atom. The number of nitrogens with two attached hydrogens (primary N) is 2. The van der Waals surface area contributed by atoms with Crippen LogP contribution in [0.15, 0.2) is 53.5 Å². The van der Waals surface area contributed by atoms with Crippen LogP contribution >= 0.6 is 0 Å². The van der Waals surface area contributed by atoms with Gasteiger partial charge in [-0.3, -0.25) is 19.1 Å². The summed E-state index contributed by atoms with van der Waals surface area (Å²) in [5.41, 5.74) is 15.4. The van der Waals surface area contributed by atoms with Gasteiger partial charge in [0, 0.05) is 43.5 Å². The normalized spacial score (nSPS) is 18.7. The van der Waals surface area contributed by atoms with Gasteiger partial charge >= 0.3 is 0 Å². The van der Waals surface area contributed by atoms with E-state index >= 15 is 0 Å². The molecule has 1 atom stereocenters. The van der Waals surface area contributed by atoms with Crippen LogP contribution in [0, 0.1) is 5.41 Å². The maximum atomic E-state index is 13.3. The number of hydrogen-bond donors (Lipinski definition) is 2. The molecule has 5 rings (SSSR count). The van der Waals surface area contributed by atoms with Crippen LogP contribution in [0.5, 0.6) is 5.75 Å². The quantitative estimate of drug-likeness (QED) is 0.619. The number of aromatic nitrogens is 2. The Hall–Kier alpha value is -3.65. The summed E-state index contributed by atoms with van der Waals surface area (Å²) >= 11 is 0. The number of amides is 1. The van der Waals surface area contributed by atoms with Crippen molar-refractivity contribution in [3.8, 4) is 16.9 Å². The molecule has 1 amide bonds. The standard InChI is InChI=1S/C26H29N5O3/c1-30-21(9-8-18(25(30)33)16-6-4-12-29-22(16)24(28)32)31-13-10-26(11-14-31)15-19-17(23(26)27)5-3-7-20(19)34-2/h3-9,12,23H,10-11,13-15,27H2,1-2H3,(H2,28,32)/t23-/m1/s1. The number of pyridine rings is 2. The maximum absolute atomic E-state index is 13.3. The minimum absolute atomic E-state index is 0.00162. The third-order valence-corrected chi connectivity index (χ3v) is 7.61. The number of carbonyl (C=O) groups is 1. The molecule has 3 aromatic rings. The average molecular weight is 460 g/mol. The Kier molecular flexibility index (Phi) is 5.40. The third kappa shape index (κ3) is 3.37. The molecule has 8 heteroatoms. The zero-order valence-electron chi connectivity index (χ0n) is 19.5. The van der Waals surface area contributed by atoms with Gasteiger partial charge in [-0.15, -0.1) is 0 Å². The van der Waals surface area contributed by atoms with E-state index in [1.807, 2.05) is 18.2 Å². The minimum atomic E-state index is -0.659. The molecule has 1 saturated heterocycles. The molecule has 0 radical (unpaired) electrons. The summed E-state index contributed by atoms with van der Waals surface area (Å²) in [4.78, 5) is 31.4. The highest BCUT2D eigenvalue weighted by Gasteiger charge is 2.47. The van der Waals surface area contributed by atoms with Crippen molar-refractivity contribution in [2.24, 2.45) is 23.9 Å². The molecule has 1 aliphatic heterocycles. The van der Waals surface area contributed by atoms with Gasteiger partial charge in [0.2, 0.25) is 0 Å². The molecule has 176 valence electrons. The Labute approximate surface area is 198 Å². The molecule has 2 aromatic heterocycles. The monoisotopic (exact) mass is 459 g/mol. The molecule has 1 fully saturated rings. The summed E-state index contributed by atoms with van der Waals surface area (Å²) in [6.45, 7) is 1.60. The fourth-order valence-electron chi connectivity index (χ4n) is 5.68. The van der Waals surface area contributed by atoms with E-state index in [1.54, 1.807) is 36.9 Å². The van der Waals surface area contributed by atoms with E-state index < -0.39 is 5.91 Å². The van der Waals surface area contributed by atoms with Crippen molar-refractivity contribution in [1.29, 1.82) is 0 Å². The maximum Gasteiger partial charge on any atom is 0.267 e. The van der Waals surface area contributed by atoms with Crippen molar-refractivity contribution in [2.45, 2.75) is 25.3 Å². The zero-order chi connectivity index (χ0) is 24.0. The lowest BCUT2D eigenvalue weighted by molar-refractivity contribution is 0.0996. The van der Waals surface area contributed by atoms with Crippen molar-refractivity contribution >= 4 is 11.7 Å². The Morgan fingerprint density at radius 1 is 1.12 bits per heavy atom. The van der Waals surface area contributed by atoms with E-state index in [-0.39, 0.29) is 22.7 Å². The second-order valence-electron chi connectivity index (χ2n) is 9.27. The summed E-state index contributed by atoms with van der Waals surface area (Å²) in [6, 6.07) is 13.2. The molecule has 1 aliphatic carbocycles. The number of methoxy groups -OCH3 is 1. The number of anilines is 1. The molecule has 1 spiro atoms. The Morgan fingerprint density at radius 3 is 2.59 bits per heavy atom. The summed E-state index contributed by atoms with van der Waals surface area (Å²) in [7, 11) is 3.46. The number of benzene rings is 1. The van der Waals surface area contributed by atoms with Gasteiger partial charge < -0.3 is 21.1 Å². The van der Waals surface area contributed by atoms with Gasteiger partial charge in [-0.05, 0) is 60.1 Å². The predicted octanol–water partition coefficient (Wildman–Crippen LogP) is 2.40. The highest BCUT2D eigenvalue weighted by Crippen LogP contribution is 2.53. The number of primary amides is 1. The fourth-order valence-corrected chi connectivity index (χ4v) is 5.68. The smallest absolute Gasteiger partial charge is 0.267 e. The molecule has 0 bridgehead atoms. The van der Waals surface area contributed by atoms with Gasteiger partial charge in [0.15, 0.2) is 0 Å². The Balaban J connectivity index is 1.40. The van der Waals surface area contributed by atoms with E-state index in [2.05, 4.69) is 16.0 Å². The number of fused-ring (bicyclic) bond motifs is 1. The van der Waals surface area contributed by atoms with Crippen molar-refractivity contribution in [2.75, 3.05) is 25.1 Å². The van der Waals surface area contributed by atoms with Crippen molar-refractivity contribution in [3.05, 3.63) is 75.8 Å². The highest BCUT2D eigenvalue weighted by molar-refractivity contribution is 5.97. The van der Waals surface area contributed by atoms with Crippen LogP contribution in [0.3, 0.4) is 0 Å². The summed E-state index contributed by atoms with van der Waals surface area (Å²) < 4.78 is 7.23. The average Bonchev–Trinajstić information content (AvgIpc) is 3.12. The molecule has 3 heterocycles. The summed E-state index contributed by atoms with van der Waals surface area (Å²) in [5.74, 6) is 1.10. The molecule has 2 aliphatic rings. The van der Waals surface area contributed by atoms with Gasteiger partial charge in [0.05, 0.1) is 7.11 Å². The first-order valence-corrected chi connectivity index (χ1v) is 11.5. The van der Waals surface area contributed by atoms with Gasteiger partial charge in [-0.2, -0.15) is 0 Å². The predicted molar refractivity (Wildman–Crippen MR) is 131 cm³/mol. The number of carbonyl (C=O) groups excluding carboxylic acids is 1. The van der Waals surface area contributed by atoms with Crippen LogP contribution in [0.2, 0.25) is 0 Å². The van der Waals surface area contributed by atoms with E-state index in [0.717, 1.165) is 43.9 Å². The van der Waals surface area contributed by atoms with Crippen LogP contribution in [0.25, 0.3) is 11.1 Å². The summed E-state index contributed by atoms with van der Waals surface area (Å²) in [6.07, 6.45) is 4.26. The van der Waals surface area contributed by atoms with Crippen LogP contribution in [0.1, 0.15) is 40.5 Å². The number of hydrogen-bond acceptors (Lipinski definition) is 6. The highest BCUT2D eigenvalue weighted by atomic mass is 16.5. The molecule has 34 heavy (non-hydrogen) atoms. The number of rotatable bonds is 4. The number of nitrogens with zero attached hydrogens (tertiary/aromatic N) is 3. The molecule has 4 N–H and O–H groups in total. The first-order valence-electron chi connectivity index (χ1n) is 11.5. The number of ether oxygens (including phenoxy) is 1. The Bertz CT molecular complexity index is 1320. The van der Waals surface area contributed by atoms with E-state index in [1.165, 1.54) is 17.3 Å². The lowest BCUT2D eigenvalue weighted by atomic mass is 9.73. The van der Waals surface area contributed by atoms with Gasteiger partial charge in [0.25, 0.3) is 11.5 Å². The SMILES string of the molecule is COc1cccc2c1CC1(CCN(c3ccc(-c4cccnc4C(N)=O)c(=O)n3C)CC1)[C@@H]2N. The second-order valence-corrected chi connectivity index (χ2v) is 9.27. The summed E-state index contributed by atoms with van der Waals surface area (Å²) in [5, 5.41) is 0. The van der Waals surface area contributed by atoms with E-state index in [4.69, 9.17) is 16.2 Å². The first-order chi connectivity index (χ1) is 16.4. The van der Waals surface area contributed by atoms with E-state index in [9.17, 15) is 9.59 Å².